The maximum atomic E-state index is 13.2. The maximum Gasteiger partial charge on any atom is 0.261 e. The first-order valence-corrected chi connectivity index (χ1v) is 7.61. The summed E-state index contributed by atoms with van der Waals surface area (Å²) in [5.74, 6) is 1.15. The van der Waals surface area contributed by atoms with Crippen molar-refractivity contribution in [2.24, 2.45) is 0 Å². The van der Waals surface area contributed by atoms with E-state index in [0.29, 0.717) is 16.7 Å². The third-order valence-corrected chi connectivity index (χ3v) is 4.08. The number of rotatable bonds is 3. The molecule has 0 bridgehead atoms. The van der Waals surface area contributed by atoms with Gasteiger partial charge < -0.3 is 4.74 Å². The Morgan fingerprint density at radius 1 is 1.22 bits per heavy atom. The molecule has 2 aromatic carbocycles. The molecule has 1 aromatic heterocycles. The van der Waals surface area contributed by atoms with Crippen molar-refractivity contribution in [1.82, 2.24) is 9.55 Å². The zero-order chi connectivity index (χ0) is 15.8. The van der Waals surface area contributed by atoms with Crippen molar-refractivity contribution < 1.29 is 9.13 Å². The molecule has 0 atom stereocenters. The third-order valence-electron chi connectivity index (χ3n) is 4.08. The molecular formula is C18H15FN2O2. The van der Waals surface area contributed by atoms with Gasteiger partial charge in [-0.1, -0.05) is 12.1 Å². The van der Waals surface area contributed by atoms with Gasteiger partial charge in [-0.2, -0.15) is 0 Å². The van der Waals surface area contributed by atoms with Crippen molar-refractivity contribution in [3.63, 3.8) is 0 Å². The Bertz CT molecular complexity index is 949. The molecule has 5 heteroatoms. The van der Waals surface area contributed by atoms with Crippen LogP contribution in [-0.4, -0.2) is 9.55 Å². The fourth-order valence-corrected chi connectivity index (χ4v) is 2.95. The lowest BCUT2D eigenvalue weighted by molar-refractivity contribution is 0.306. The molecular weight excluding hydrogens is 295 g/mol. The van der Waals surface area contributed by atoms with Gasteiger partial charge in [0.2, 0.25) is 0 Å². The first kappa shape index (κ1) is 13.9. The minimum absolute atomic E-state index is 0.0151. The number of aryl methyl sites for hydroxylation is 1. The summed E-state index contributed by atoms with van der Waals surface area (Å²) in [6.07, 6.45) is 1.81. The summed E-state index contributed by atoms with van der Waals surface area (Å²) in [6.45, 7) is 0.981. The summed E-state index contributed by atoms with van der Waals surface area (Å²) in [4.78, 5) is 17.1. The zero-order valence-electron chi connectivity index (χ0n) is 12.5. The van der Waals surface area contributed by atoms with E-state index in [1.165, 1.54) is 12.1 Å². The van der Waals surface area contributed by atoms with Crippen LogP contribution in [0.15, 0.2) is 47.3 Å². The Kier molecular flexibility index (Phi) is 3.33. The molecule has 0 N–H and O–H groups in total. The summed E-state index contributed by atoms with van der Waals surface area (Å²) < 4.78 is 20.6. The standard InChI is InChI=1S/C18H15FN2O2/c19-13-4-1-3-12(9-13)11-23-14-6-7-16-15(10-14)18(22)21-8-2-5-17(21)20-16/h1,3-4,6-7,9-10H,2,5,8,11H2. The molecule has 0 saturated carbocycles. The average molecular weight is 310 g/mol. The van der Waals surface area contributed by atoms with Gasteiger partial charge in [-0.05, 0) is 42.3 Å². The first-order valence-electron chi connectivity index (χ1n) is 7.61. The molecule has 3 aromatic rings. The number of fused-ring (bicyclic) bond motifs is 2. The van der Waals surface area contributed by atoms with Crippen LogP contribution in [0, 0.1) is 5.82 Å². The Morgan fingerprint density at radius 3 is 3.00 bits per heavy atom. The van der Waals surface area contributed by atoms with Crippen LogP contribution in [0.2, 0.25) is 0 Å². The van der Waals surface area contributed by atoms with Crippen molar-refractivity contribution in [3.8, 4) is 5.75 Å². The lowest BCUT2D eigenvalue weighted by Gasteiger charge is -2.09. The van der Waals surface area contributed by atoms with Gasteiger partial charge in [0.25, 0.3) is 5.56 Å². The lowest BCUT2D eigenvalue weighted by Crippen LogP contribution is -2.20. The van der Waals surface area contributed by atoms with Gasteiger partial charge in [0.1, 0.15) is 24.0 Å². The summed E-state index contributed by atoms with van der Waals surface area (Å²) >= 11 is 0. The molecule has 2 heterocycles. The van der Waals surface area contributed by atoms with Gasteiger partial charge in [-0.3, -0.25) is 9.36 Å². The van der Waals surface area contributed by atoms with Crippen molar-refractivity contribution in [2.45, 2.75) is 26.0 Å². The highest BCUT2D eigenvalue weighted by Gasteiger charge is 2.16. The molecule has 0 aliphatic carbocycles. The molecule has 0 fully saturated rings. The monoisotopic (exact) mass is 310 g/mol. The lowest BCUT2D eigenvalue weighted by atomic mass is 10.2. The Labute approximate surface area is 132 Å². The van der Waals surface area contributed by atoms with Crippen LogP contribution in [0.3, 0.4) is 0 Å². The molecule has 0 radical (unpaired) electrons. The summed E-state index contributed by atoms with van der Waals surface area (Å²) in [5, 5.41) is 0.562. The van der Waals surface area contributed by atoms with Crippen LogP contribution in [-0.2, 0) is 19.6 Å². The Balaban J connectivity index is 1.65. The first-order chi connectivity index (χ1) is 11.2. The second kappa shape index (κ2) is 5.50. The number of benzene rings is 2. The van der Waals surface area contributed by atoms with Crippen molar-refractivity contribution >= 4 is 10.9 Å². The van der Waals surface area contributed by atoms with E-state index >= 15 is 0 Å². The van der Waals surface area contributed by atoms with E-state index in [4.69, 9.17) is 4.74 Å². The van der Waals surface area contributed by atoms with Crippen molar-refractivity contribution in [1.29, 1.82) is 0 Å². The van der Waals surface area contributed by atoms with Crippen LogP contribution in [0.4, 0.5) is 4.39 Å². The van der Waals surface area contributed by atoms with Crippen LogP contribution in [0.5, 0.6) is 5.75 Å². The summed E-state index contributed by atoms with van der Waals surface area (Å²) in [5.41, 5.74) is 1.42. The largest absolute Gasteiger partial charge is 0.489 e. The molecule has 116 valence electrons. The van der Waals surface area contributed by atoms with E-state index in [1.807, 2.05) is 0 Å². The maximum absolute atomic E-state index is 13.2. The molecule has 1 aliphatic rings. The number of ether oxygens (including phenoxy) is 1. The highest BCUT2D eigenvalue weighted by Crippen LogP contribution is 2.20. The van der Waals surface area contributed by atoms with E-state index in [0.717, 1.165) is 30.8 Å². The van der Waals surface area contributed by atoms with Crippen molar-refractivity contribution in [2.75, 3.05) is 0 Å². The topological polar surface area (TPSA) is 44.1 Å². The quantitative estimate of drug-likeness (QED) is 0.747. The van der Waals surface area contributed by atoms with Crippen LogP contribution in [0.1, 0.15) is 17.8 Å². The van der Waals surface area contributed by atoms with Gasteiger partial charge in [-0.25, -0.2) is 9.37 Å². The number of nitrogens with zero attached hydrogens (tertiary/aromatic N) is 2. The molecule has 1 aliphatic heterocycles. The fourth-order valence-electron chi connectivity index (χ4n) is 2.95. The van der Waals surface area contributed by atoms with Crippen LogP contribution >= 0.6 is 0 Å². The second-order valence-electron chi connectivity index (χ2n) is 5.69. The molecule has 4 nitrogen and oxygen atoms in total. The van der Waals surface area contributed by atoms with Gasteiger partial charge in [0, 0.05) is 13.0 Å². The van der Waals surface area contributed by atoms with E-state index in [-0.39, 0.29) is 18.0 Å². The number of halogens is 1. The van der Waals surface area contributed by atoms with E-state index in [9.17, 15) is 9.18 Å². The Morgan fingerprint density at radius 2 is 2.13 bits per heavy atom. The predicted molar refractivity (Wildman–Crippen MR) is 85.1 cm³/mol. The van der Waals surface area contributed by atoms with E-state index in [2.05, 4.69) is 4.98 Å². The number of aromatic nitrogens is 2. The normalized spacial score (nSPS) is 13.3. The predicted octanol–water partition coefficient (Wildman–Crippen LogP) is 3.06. The molecule has 23 heavy (non-hydrogen) atoms. The molecule has 0 amide bonds. The Hall–Kier alpha value is -2.69. The highest BCUT2D eigenvalue weighted by molar-refractivity contribution is 5.79. The molecule has 4 rings (SSSR count). The smallest absolute Gasteiger partial charge is 0.261 e. The minimum Gasteiger partial charge on any atom is -0.489 e. The SMILES string of the molecule is O=c1c2cc(OCc3cccc(F)c3)ccc2nc2n1CCC2. The van der Waals surface area contributed by atoms with E-state index < -0.39 is 0 Å². The minimum atomic E-state index is -0.289. The third kappa shape index (κ3) is 2.59. The second-order valence-corrected chi connectivity index (χ2v) is 5.69. The van der Waals surface area contributed by atoms with E-state index in [1.54, 1.807) is 34.9 Å². The van der Waals surface area contributed by atoms with Gasteiger partial charge >= 0.3 is 0 Å². The fraction of sp³-hybridized carbons (Fsp3) is 0.222. The zero-order valence-corrected chi connectivity index (χ0v) is 12.5. The van der Waals surface area contributed by atoms with Crippen LogP contribution < -0.4 is 10.3 Å². The number of hydrogen-bond acceptors (Lipinski definition) is 3. The van der Waals surface area contributed by atoms with Gasteiger partial charge in [0.05, 0.1) is 10.9 Å². The molecule has 0 unspecified atom stereocenters. The highest BCUT2D eigenvalue weighted by atomic mass is 19.1. The van der Waals surface area contributed by atoms with Gasteiger partial charge in [0.15, 0.2) is 0 Å². The van der Waals surface area contributed by atoms with Crippen LogP contribution in [0.25, 0.3) is 10.9 Å². The number of hydrogen-bond donors (Lipinski definition) is 0. The van der Waals surface area contributed by atoms with Gasteiger partial charge in [-0.15, -0.1) is 0 Å². The summed E-state index contributed by atoms with van der Waals surface area (Å²) in [7, 11) is 0. The molecule has 0 spiro atoms. The summed E-state index contributed by atoms with van der Waals surface area (Å²) in [6, 6.07) is 11.6. The molecule has 0 saturated heterocycles. The van der Waals surface area contributed by atoms with Crippen molar-refractivity contribution in [3.05, 3.63) is 70.0 Å². The average Bonchev–Trinajstić information content (AvgIpc) is 3.02.